The van der Waals surface area contributed by atoms with Crippen molar-refractivity contribution < 1.29 is 23.8 Å². The first-order valence-electron chi connectivity index (χ1n) is 9.43. The number of hydrogen-bond donors (Lipinski definition) is 3. The van der Waals surface area contributed by atoms with Crippen molar-refractivity contribution in [3.8, 4) is 11.5 Å². The molecule has 0 saturated heterocycles. The van der Waals surface area contributed by atoms with Crippen LogP contribution in [0.4, 0.5) is 11.4 Å². The molecule has 3 aromatic rings. The fraction of sp³-hybridized carbons (Fsp3) is 0.217. The summed E-state index contributed by atoms with van der Waals surface area (Å²) in [7, 11) is 0. The molecule has 0 fully saturated rings. The van der Waals surface area contributed by atoms with Crippen molar-refractivity contribution in [2.45, 2.75) is 26.2 Å². The number of rotatable bonds is 6. The van der Waals surface area contributed by atoms with E-state index in [1.165, 1.54) is 6.26 Å². The highest BCUT2D eigenvalue weighted by atomic mass is 16.5. The fourth-order valence-electron chi connectivity index (χ4n) is 2.70. The summed E-state index contributed by atoms with van der Waals surface area (Å²) < 4.78 is 10.6. The van der Waals surface area contributed by atoms with E-state index in [-0.39, 0.29) is 29.4 Å². The molecule has 3 N–H and O–H groups in total. The first-order valence-corrected chi connectivity index (χ1v) is 9.43. The minimum Gasteiger partial charge on any atom is -0.506 e. The Morgan fingerprint density at radius 2 is 1.83 bits per heavy atom. The molecule has 0 unspecified atom stereocenters. The summed E-state index contributed by atoms with van der Waals surface area (Å²) in [5, 5.41) is 15.4. The van der Waals surface area contributed by atoms with E-state index in [0.29, 0.717) is 17.1 Å². The van der Waals surface area contributed by atoms with Crippen molar-refractivity contribution in [3.05, 3.63) is 72.2 Å². The molecule has 2 aromatic carbocycles. The van der Waals surface area contributed by atoms with Crippen LogP contribution in [0.5, 0.6) is 11.5 Å². The second kappa shape index (κ2) is 8.73. The lowest BCUT2D eigenvalue weighted by Crippen LogP contribution is -2.21. The van der Waals surface area contributed by atoms with Crippen LogP contribution in [-0.2, 0) is 10.2 Å². The zero-order valence-electron chi connectivity index (χ0n) is 17.1. The average molecular weight is 408 g/mol. The van der Waals surface area contributed by atoms with Crippen molar-refractivity contribution in [2.24, 2.45) is 0 Å². The number of phenols is 1. The molecule has 0 radical (unpaired) electrons. The van der Waals surface area contributed by atoms with E-state index in [2.05, 4.69) is 10.6 Å². The van der Waals surface area contributed by atoms with Gasteiger partial charge in [0.15, 0.2) is 12.4 Å². The monoisotopic (exact) mass is 408 g/mol. The van der Waals surface area contributed by atoms with Crippen molar-refractivity contribution in [1.29, 1.82) is 0 Å². The number of nitrogens with one attached hydrogen (secondary N) is 2. The lowest BCUT2D eigenvalue weighted by atomic mass is 9.87. The zero-order chi connectivity index (χ0) is 21.7. The number of phenolic OH excluding ortho intramolecular Hbond substituents is 1. The predicted octanol–water partition coefficient (Wildman–Crippen LogP) is 4.55. The van der Waals surface area contributed by atoms with Crippen LogP contribution >= 0.6 is 0 Å². The lowest BCUT2D eigenvalue weighted by molar-refractivity contribution is -0.118. The number of anilines is 2. The fourth-order valence-corrected chi connectivity index (χ4v) is 2.70. The van der Waals surface area contributed by atoms with E-state index >= 15 is 0 Å². The van der Waals surface area contributed by atoms with Gasteiger partial charge in [-0.05, 0) is 47.4 Å². The second-order valence-electron chi connectivity index (χ2n) is 7.78. The van der Waals surface area contributed by atoms with Crippen LogP contribution in [0.15, 0.2) is 65.3 Å². The number of furan rings is 1. The van der Waals surface area contributed by atoms with E-state index in [1.807, 2.05) is 26.8 Å². The van der Waals surface area contributed by atoms with Gasteiger partial charge in [-0.2, -0.15) is 0 Å². The minimum atomic E-state index is -0.415. The number of carbonyl (C=O) groups excluding carboxylic acids is 2. The molecule has 1 aromatic heterocycles. The Bertz CT molecular complexity index is 1040. The largest absolute Gasteiger partial charge is 0.506 e. The number of benzene rings is 2. The standard InChI is InChI=1S/C23H24N2O5/c1-23(2,3)15-9-10-19(26)18(12-15)25-21(27)14-30-17-7-4-6-16(13-17)24-22(28)20-8-5-11-29-20/h4-13,26H,14H2,1-3H3,(H,24,28)(H,25,27). The molecule has 0 aliphatic carbocycles. The Morgan fingerprint density at radius 3 is 2.53 bits per heavy atom. The second-order valence-corrected chi connectivity index (χ2v) is 7.78. The van der Waals surface area contributed by atoms with Gasteiger partial charge < -0.3 is 24.9 Å². The Morgan fingerprint density at radius 1 is 1.03 bits per heavy atom. The Balaban J connectivity index is 1.59. The predicted molar refractivity (Wildman–Crippen MR) is 114 cm³/mol. The number of amides is 2. The Labute approximate surface area is 174 Å². The van der Waals surface area contributed by atoms with E-state index in [4.69, 9.17) is 9.15 Å². The Hall–Kier alpha value is -3.74. The van der Waals surface area contributed by atoms with E-state index < -0.39 is 5.91 Å². The highest BCUT2D eigenvalue weighted by molar-refractivity contribution is 6.02. The van der Waals surface area contributed by atoms with E-state index in [0.717, 1.165) is 5.56 Å². The van der Waals surface area contributed by atoms with Crippen molar-refractivity contribution >= 4 is 23.2 Å². The van der Waals surface area contributed by atoms with Crippen LogP contribution in [0.1, 0.15) is 36.9 Å². The van der Waals surface area contributed by atoms with Gasteiger partial charge in [-0.15, -0.1) is 0 Å². The molecule has 2 amide bonds. The van der Waals surface area contributed by atoms with Gasteiger partial charge in [0.2, 0.25) is 0 Å². The van der Waals surface area contributed by atoms with Gasteiger partial charge in [-0.25, -0.2) is 0 Å². The smallest absolute Gasteiger partial charge is 0.291 e. The summed E-state index contributed by atoms with van der Waals surface area (Å²) in [5.74, 6) is -0.211. The number of ether oxygens (including phenoxy) is 1. The molecular formula is C23H24N2O5. The van der Waals surface area contributed by atoms with Crippen LogP contribution in [0.2, 0.25) is 0 Å². The van der Waals surface area contributed by atoms with Gasteiger partial charge in [0.25, 0.3) is 11.8 Å². The maximum atomic E-state index is 12.3. The first-order chi connectivity index (χ1) is 14.2. The van der Waals surface area contributed by atoms with Gasteiger partial charge in [-0.1, -0.05) is 32.9 Å². The van der Waals surface area contributed by atoms with Gasteiger partial charge in [0.05, 0.1) is 12.0 Å². The zero-order valence-corrected chi connectivity index (χ0v) is 17.1. The highest BCUT2D eigenvalue weighted by Gasteiger charge is 2.16. The van der Waals surface area contributed by atoms with Crippen LogP contribution in [0, 0.1) is 0 Å². The molecule has 3 rings (SSSR count). The van der Waals surface area contributed by atoms with E-state index in [9.17, 15) is 14.7 Å². The normalized spacial score (nSPS) is 11.0. The van der Waals surface area contributed by atoms with Crippen LogP contribution in [0.25, 0.3) is 0 Å². The molecule has 7 nitrogen and oxygen atoms in total. The van der Waals surface area contributed by atoms with Gasteiger partial charge in [-0.3, -0.25) is 9.59 Å². The topological polar surface area (TPSA) is 101 Å². The SMILES string of the molecule is CC(C)(C)c1ccc(O)c(NC(=O)COc2cccc(NC(=O)c3ccco3)c2)c1. The van der Waals surface area contributed by atoms with Gasteiger partial charge >= 0.3 is 0 Å². The molecule has 0 saturated carbocycles. The van der Waals surface area contributed by atoms with Gasteiger partial charge in [0, 0.05) is 11.8 Å². The van der Waals surface area contributed by atoms with Gasteiger partial charge in [0.1, 0.15) is 11.5 Å². The molecule has 0 aliphatic heterocycles. The molecule has 0 aliphatic rings. The lowest BCUT2D eigenvalue weighted by Gasteiger charge is -2.20. The average Bonchev–Trinajstić information content (AvgIpc) is 3.22. The number of hydrogen-bond acceptors (Lipinski definition) is 5. The maximum absolute atomic E-state index is 12.3. The molecule has 30 heavy (non-hydrogen) atoms. The molecular weight excluding hydrogens is 384 g/mol. The third kappa shape index (κ3) is 5.41. The first kappa shape index (κ1) is 21.0. The molecule has 7 heteroatoms. The summed E-state index contributed by atoms with van der Waals surface area (Å²) in [4.78, 5) is 24.3. The van der Waals surface area contributed by atoms with Crippen molar-refractivity contribution in [1.82, 2.24) is 0 Å². The summed E-state index contributed by atoms with van der Waals surface area (Å²) in [5.41, 5.74) is 1.70. The minimum absolute atomic E-state index is 0.0148. The molecule has 0 bridgehead atoms. The summed E-state index contributed by atoms with van der Waals surface area (Å²) in [6, 6.07) is 15.0. The van der Waals surface area contributed by atoms with E-state index in [1.54, 1.807) is 48.5 Å². The van der Waals surface area contributed by atoms with Crippen molar-refractivity contribution in [2.75, 3.05) is 17.2 Å². The van der Waals surface area contributed by atoms with Crippen LogP contribution in [-0.4, -0.2) is 23.5 Å². The number of carbonyl (C=O) groups is 2. The van der Waals surface area contributed by atoms with Crippen LogP contribution in [0.3, 0.4) is 0 Å². The third-order valence-corrected chi connectivity index (χ3v) is 4.34. The third-order valence-electron chi connectivity index (χ3n) is 4.34. The quantitative estimate of drug-likeness (QED) is 0.520. The summed E-state index contributed by atoms with van der Waals surface area (Å²) in [6.07, 6.45) is 1.42. The number of aromatic hydroxyl groups is 1. The Kier molecular flexibility index (Phi) is 6.11. The highest BCUT2D eigenvalue weighted by Crippen LogP contribution is 2.30. The molecule has 156 valence electrons. The molecule has 0 spiro atoms. The van der Waals surface area contributed by atoms with Crippen LogP contribution < -0.4 is 15.4 Å². The summed E-state index contributed by atoms with van der Waals surface area (Å²) in [6.45, 7) is 5.89. The maximum Gasteiger partial charge on any atom is 0.291 e. The van der Waals surface area contributed by atoms with Crippen molar-refractivity contribution in [3.63, 3.8) is 0 Å². The molecule has 1 heterocycles. The molecule has 0 atom stereocenters. The summed E-state index contributed by atoms with van der Waals surface area (Å²) >= 11 is 0.